The molecular weight excluding hydrogens is 366 g/mol. The van der Waals surface area contributed by atoms with Crippen LogP contribution in [0.2, 0.25) is 0 Å². The third-order valence-electron chi connectivity index (χ3n) is 4.82. The van der Waals surface area contributed by atoms with Crippen LogP contribution >= 0.6 is 0 Å². The first-order valence-corrected chi connectivity index (χ1v) is 10.6. The lowest BCUT2D eigenvalue weighted by molar-refractivity contribution is 0.286. The van der Waals surface area contributed by atoms with Crippen molar-refractivity contribution < 1.29 is 20.3 Å². The Morgan fingerprint density at radius 3 is 2.07 bits per heavy atom. The Balaban J connectivity index is 1.96. The number of ether oxygens (including phenoxy) is 4. The average molecular weight is 401 g/mol. The normalized spacial score (nSPS) is 18.6. The molecule has 0 fully saturated rings. The number of fused-ring (bicyclic) bond motifs is 1. The lowest BCUT2D eigenvalue weighted by atomic mass is 9.89. The highest BCUT2D eigenvalue weighted by Crippen LogP contribution is 2.37. The minimum Gasteiger partial charge on any atom is -0.490 e. The van der Waals surface area contributed by atoms with Crippen molar-refractivity contribution in [3.05, 3.63) is 47.0 Å². The maximum Gasteiger partial charge on any atom is 0.161 e. The fourth-order valence-electron chi connectivity index (χ4n) is 3.64. The van der Waals surface area contributed by atoms with Gasteiger partial charge in [-0.15, -0.1) is 0 Å². The molecule has 0 saturated carbocycles. The van der Waals surface area contributed by atoms with Crippen LogP contribution in [0.5, 0.6) is 23.0 Å². The van der Waals surface area contributed by atoms with Crippen molar-refractivity contribution in [2.45, 2.75) is 46.6 Å². The summed E-state index contributed by atoms with van der Waals surface area (Å²) in [5.41, 5.74) is 3.09. The molecule has 0 aromatic heterocycles. The summed E-state index contributed by atoms with van der Waals surface area (Å²) >= 11 is 0. The van der Waals surface area contributed by atoms with Crippen LogP contribution in [0.3, 0.4) is 0 Å². The summed E-state index contributed by atoms with van der Waals surface area (Å²) in [7, 11) is 0. The zero-order valence-corrected chi connectivity index (χ0v) is 18.0. The summed E-state index contributed by atoms with van der Waals surface area (Å²) in [6.07, 6.45) is 1.36. The Morgan fingerprint density at radius 2 is 1.41 bits per heavy atom. The number of nitrogens with one attached hydrogen (secondary N) is 1. The lowest BCUT2D eigenvalue weighted by Crippen LogP contribution is -2.31. The topological polar surface area (TPSA) is 49.0 Å². The average Bonchev–Trinajstić information content (AvgIpc) is 2.72. The summed E-state index contributed by atoms with van der Waals surface area (Å²) < 4.78 is 32.3. The second kappa shape index (κ2) is 10.4. The largest absolute Gasteiger partial charge is 0.490 e. The summed E-state index contributed by atoms with van der Waals surface area (Å²) in [6, 6.07) is 8.98. The second-order valence-corrected chi connectivity index (χ2v) is 6.80. The molecule has 158 valence electrons. The quantitative estimate of drug-likeness (QED) is 0.626. The molecule has 5 heteroatoms. The van der Waals surface area contributed by atoms with E-state index in [0.29, 0.717) is 38.6 Å². The molecule has 5 nitrogen and oxygen atoms in total. The predicted octanol–water partition coefficient (Wildman–Crippen LogP) is 4.71. The summed E-state index contributed by atoms with van der Waals surface area (Å²) in [5.74, 6) is 2.90. The second-order valence-electron chi connectivity index (χ2n) is 6.80. The molecule has 1 heterocycles. The van der Waals surface area contributed by atoms with Crippen molar-refractivity contribution >= 4 is 0 Å². The van der Waals surface area contributed by atoms with Crippen LogP contribution in [-0.2, 0) is 12.8 Å². The zero-order chi connectivity index (χ0) is 21.6. The fraction of sp³-hybridized carbons (Fsp3) is 0.500. The van der Waals surface area contributed by atoms with E-state index < -0.39 is 6.02 Å². The molecule has 29 heavy (non-hydrogen) atoms. The molecule has 0 radical (unpaired) electrons. The van der Waals surface area contributed by atoms with Gasteiger partial charge < -0.3 is 24.3 Å². The van der Waals surface area contributed by atoms with Gasteiger partial charge in [0.15, 0.2) is 23.0 Å². The highest BCUT2D eigenvalue weighted by atomic mass is 16.5. The number of benzene rings is 2. The van der Waals surface area contributed by atoms with Crippen LogP contribution in [0.15, 0.2) is 30.3 Å². The Hall–Kier alpha value is -2.40. The van der Waals surface area contributed by atoms with E-state index in [1.807, 2.05) is 58.0 Å². The molecule has 1 atom stereocenters. The summed E-state index contributed by atoms with van der Waals surface area (Å²) in [4.78, 5) is 0. The number of hydrogen-bond acceptors (Lipinski definition) is 5. The van der Waals surface area contributed by atoms with Crippen molar-refractivity contribution in [1.82, 2.24) is 5.32 Å². The van der Waals surface area contributed by atoms with Gasteiger partial charge in [-0.05, 0) is 88.0 Å². The first kappa shape index (κ1) is 19.9. The molecule has 2 aromatic rings. The Bertz CT molecular complexity index is 857. The molecule has 0 spiro atoms. The smallest absolute Gasteiger partial charge is 0.161 e. The van der Waals surface area contributed by atoms with E-state index in [0.717, 1.165) is 46.9 Å². The van der Waals surface area contributed by atoms with Gasteiger partial charge in [0.25, 0.3) is 0 Å². The highest BCUT2D eigenvalue weighted by Gasteiger charge is 2.23. The van der Waals surface area contributed by atoms with Gasteiger partial charge in [0.1, 0.15) is 0 Å². The van der Waals surface area contributed by atoms with Gasteiger partial charge in [-0.2, -0.15) is 0 Å². The third kappa shape index (κ3) is 5.15. The molecular formula is C24H33NO4. The first-order chi connectivity index (χ1) is 14.5. The highest BCUT2D eigenvalue weighted by molar-refractivity contribution is 5.50. The van der Waals surface area contributed by atoms with E-state index in [1.165, 1.54) is 0 Å². The van der Waals surface area contributed by atoms with Crippen molar-refractivity contribution in [2.75, 3.05) is 33.0 Å². The van der Waals surface area contributed by atoms with Crippen molar-refractivity contribution in [1.29, 1.82) is 0 Å². The van der Waals surface area contributed by atoms with E-state index in [4.69, 9.17) is 18.9 Å². The van der Waals surface area contributed by atoms with Gasteiger partial charge in [-0.1, -0.05) is 6.07 Å². The summed E-state index contributed by atoms with van der Waals surface area (Å²) in [6.45, 7) is 10.8. The van der Waals surface area contributed by atoms with Gasteiger partial charge in [-0.3, -0.25) is 0 Å². The van der Waals surface area contributed by atoms with Gasteiger partial charge in [0.2, 0.25) is 0 Å². The number of rotatable bonds is 10. The van der Waals surface area contributed by atoms with Gasteiger partial charge in [0, 0.05) is 6.02 Å². The minimum absolute atomic E-state index is 0.506. The molecule has 0 bridgehead atoms. The standard InChI is InChI=1S/C24H33NO4/c1-5-26-21-10-9-17(14-22(21)27-6-2)13-20-19-16-24(29-8-4)23(28-7-3)15-18(19)11-12-25-20/h9-10,14-16,20,25H,5-8,11-13H2,1-4H3/i20D. The van der Waals surface area contributed by atoms with Crippen molar-refractivity contribution in [2.24, 2.45) is 0 Å². The molecule has 3 rings (SSSR count). The van der Waals surface area contributed by atoms with Crippen LogP contribution in [0.4, 0.5) is 0 Å². The molecule has 1 aliphatic heterocycles. The van der Waals surface area contributed by atoms with E-state index in [-0.39, 0.29) is 0 Å². The van der Waals surface area contributed by atoms with E-state index >= 15 is 0 Å². The molecule has 2 aromatic carbocycles. The van der Waals surface area contributed by atoms with Crippen molar-refractivity contribution in [3.8, 4) is 23.0 Å². The van der Waals surface area contributed by atoms with Crippen LogP contribution < -0.4 is 24.3 Å². The third-order valence-corrected chi connectivity index (χ3v) is 4.82. The first-order valence-electron chi connectivity index (χ1n) is 11.1. The fourth-order valence-corrected chi connectivity index (χ4v) is 3.64. The van der Waals surface area contributed by atoms with E-state index in [9.17, 15) is 1.37 Å². The minimum atomic E-state index is -0.958. The SMILES string of the molecule is [2H]C1(Cc2ccc(OCC)c(OCC)c2)NCCc2cc(OCC)c(OCC)cc21. The maximum absolute atomic E-state index is 9.27. The Kier molecular flexibility index (Phi) is 7.13. The molecule has 0 saturated heterocycles. The van der Waals surface area contributed by atoms with Gasteiger partial charge in [-0.25, -0.2) is 0 Å². The van der Waals surface area contributed by atoms with Crippen LogP contribution in [-0.4, -0.2) is 33.0 Å². The predicted molar refractivity (Wildman–Crippen MR) is 116 cm³/mol. The van der Waals surface area contributed by atoms with Crippen LogP contribution in [0, 0.1) is 0 Å². The van der Waals surface area contributed by atoms with Crippen molar-refractivity contribution in [3.63, 3.8) is 0 Å². The Morgan fingerprint density at radius 1 is 0.828 bits per heavy atom. The molecule has 1 aliphatic rings. The van der Waals surface area contributed by atoms with Gasteiger partial charge >= 0.3 is 0 Å². The molecule has 1 N–H and O–H groups in total. The Labute approximate surface area is 175 Å². The van der Waals surface area contributed by atoms with E-state index in [1.54, 1.807) is 0 Å². The maximum atomic E-state index is 9.27. The van der Waals surface area contributed by atoms with E-state index in [2.05, 4.69) is 5.32 Å². The molecule has 1 unspecified atom stereocenters. The molecule has 0 amide bonds. The van der Waals surface area contributed by atoms with Gasteiger partial charge in [0.05, 0.1) is 27.8 Å². The molecule has 0 aliphatic carbocycles. The monoisotopic (exact) mass is 400 g/mol. The van der Waals surface area contributed by atoms with Crippen LogP contribution in [0.1, 0.15) is 51.8 Å². The number of hydrogen-bond donors (Lipinski definition) is 1. The van der Waals surface area contributed by atoms with Crippen LogP contribution in [0.25, 0.3) is 0 Å². The lowest BCUT2D eigenvalue weighted by Gasteiger charge is -2.29. The summed E-state index contributed by atoms with van der Waals surface area (Å²) in [5, 5.41) is 3.41. The zero-order valence-electron chi connectivity index (χ0n) is 19.0.